The molecule has 1 aromatic heterocycles. The second-order valence-corrected chi connectivity index (χ2v) is 6.24. The van der Waals surface area contributed by atoms with Gasteiger partial charge in [-0.15, -0.1) is 0 Å². The summed E-state index contributed by atoms with van der Waals surface area (Å²) in [4.78, 5) is 26.0. The average Bonchev–Trinajstić information content (AvgIpc) is 3.07. The molecule has 0 spiro atoms. The minimum atomic E-state index is -0.201. The molecule has 0 atom stereocenters. The number of nitrogens with one attached hydrogen (secondary N) is 1. The summed E-state index contributed by atoms with van der Waals surface area (Å²) in [6, 6.07) is 6.74. The molecule has 2 rings (SSSR count). The molecule has 128 valence electrons. The van der Waals surface area contributed by atoms with Gasteiger partial charge in [-0.3, -0.25) is 14.3 Å². The minimum absolute atomic E-state index is 0.109. The molecule has 0 aliphatic rings. The highest BCUT2D eigenvalue weighted by atomic mass is 35.5. The summed E-state index contributed by atoms with van der Waals surface area (Å²) in [6.07, 6.45) is 3.53. The molecule has 1 aromatic carbocycles. The van der Waals surface area contributed by atoms with E-state index in [-0.39, 0.29) is 17.7 Å². The van der Waals surface area contributed by atoms with Gasteiger partial charge in [-0.25, -0.2) is 0 Å². The number of aromatic nitrogens is 2. The Morgan fingerprint density at radius 2 is 2.12 bits per heavy atom. The maximum absolute atomic E-state index is 12.6. The number of likely N-dealkylation sites (N-methyl/N-ethyl adjacent to an activating group) is 1. The Morgan fingerprint density at radius 1 is 1.38 bits per heavy atom. The number of halogens is 1. The molecule has 1 N–H and O–H groups in total. The highest BCUT2D eigenvalue weighted by Crippen LogP contribution is 2.22. The lowest BCUT2D eigenvalue weighted by atomic mass is 10.1. The van der Waals surface area contributed by atoms with Crippen molar-refractivity contribution < 1.29 is 9.59 Å². The number of hydrogen-bond donors (Lipinski definition) is 1. The molecule has 0 aliphatic carbocycles. The Labute approximate surface area is 146 Å². The van der Waals surface area contributed by atoms with Crippen molar-refractivity contribution in [3.8, 4) is 0 Å². The van der Waals surface area contributed by atoms with Gasteiger partial charge >= 0.3 is 0 Å². The molecule has 2 aromatic rings. The third kappa shape index (κ3) is 4.58. The number of anilines is 1. The SMILES string of the molecule is CC(C)C(=O)Nc1ccc(Cl)c(C(=O)N(C)CCn2cccn2)c1. The molecule has 24 heavy (non-hydrogen) atoms. The van der Waals surface area contributed by atoms with Gasteiger partial charge in [-0.2, -0.15) is 5.10 Å². The van der Waals surface area contributed by atoms with Crippen molar-refractivity contribution in [2.75, 3.05) is 18.9 Å². The lowest BCUT2D eigenvalue weighted by molar-refractivity contribution is -0.118. The van der Waals surface area contributed by atoms with Crippen molar-refractivity contribution in [1.29, 1.82) is 0 Å². The zero-order valence-electron chi connectivity index (χ0n) is 14.0. The van der Waals surface area contributed by atoms with Crippen LogP contribution in [-0.2, 0) is 11.3 Å². The van der Waals surface area contributed by atoms with Crippen LogP contribution >= 0.6 is 11.6 Å². The number of benzene rings is 1. The van der Waals surface area contributed by atoms with E-state index in [1.807, 2.05) is 12.3 Å². The van der Waals surface area contributed by atoms with Crippen LogP contribution in [0.15, 0.2) is 36.7 Å². The van der Waals surface area contributed by atoms with Gasteiger partial charge in [0.25, 0.3) is 5.91 Å². The smallest absolute Gasteiger partial charge is 0.255 e. The van der Waals surface area contributed by atoms with Gasteiger partial charge in [0.1, 0.15) is 0 Å². The maximum Gasteiger partial charge on any atom is 0.255 e. The average molecular weight is 349 g/mol. The van der Waals surface area contributed by atoms with Gasteiger partial charge in [0.15, 0.2) is 0 Å². The zero-order valence-corrected chi connectivity index (χ0v) is 14.7. The van der Waals surface area contributed by atoms with E-state index >= 15 is 0 Å². The molecule has 1 heterocycles. The van der Waals surface area contributed by atoms with Gasteiger partial charge in [-0.05, 0) is 24.3 Å². The van der Waals surface area contributed by atoms with E-state index in [1.165, 1.54) is 0 Å². The summed E-state index contributed by atoms with van der Waals surface area (Å²) in [5.41, 5.74) is 0.920. The fraction of sp³-hybridized carbons (Fsp3) is 0.353. The first kappa shape index (κ1) is 18.0. The van der Waals surface area contributed by atoms with E-state index < -0.39 is 0 Å². The molecule has 6 nitrogen and oxygen atoms in total. The summed E-state index contributed by atoms with van der Waals surface area (Å²) >= 11 is 6.16. The predicted octanol–water partition coefficient (Wildman–Crippen LogP) is 2.90. The molecule has 0 saturated heterocycles. The largest absolute Gasteiger partial charge is 0.340 e. The van der Waals surface area contributed by atoms with Gasteiger partial charge in [-0.1, -0.05) is 25.4 Å². The number of carbonyl (C=O) groups excluding carboxylic acids is 2. The monoisotopic (exact) mass is 348 g/mol. The van der Waals surface area contributed by atoms with Gasteiger partial charge < -0.3 is 10.2 Å². The minimum Gasteiger partial charge on any atom is -0.340 e. The lowest BCUT2D eigenvalue weighted by Gasteiger charge is -2.18. The van der Waals surface area contributed by atoms with Gasteiger partial charge in [0.2, 0.25) is 5.91 Å². The second kappa shape index (κ2) is 7.97. The van der Waals surface area contributed by atoms with E-state index in [0.29, 0.717) is 29.4 Å². The van der Waals surface area contributed by atoms with Crippen molar-refractivity contribution >= 4 is 29.1 Å². The first-order chi connectivity index (χ1) is 11.4. The Kier molecular flexibility index (Phi) is 5.98. The highest BCUT2D eigenvalue weighted by molar-refractivity contribution is 6.34. The predicted molar refractivity (Wildman–Crippen MR) is 94.1 cm³/mol. The van der Waals surface area contributed by atoms with E-state index in [0.717, 1.165) is 0 Å². The molecule has 0 fully saturated rings. The third-order valence-electron chi connectivity index (χ3n) is 3.56. The van der Waals surface area contributed by atoms with Crippen LogP contribution < -0.4 is 5.32 Å². The lowest BCUT2D eigenvalue weighted by Crippen LogP contribution is -2.30. The standard InChI is InChI=1S/C17H21ClN4O2/c1-12(2)16(23)20-13-5-6-15(18)14(11-13)17(24)21(3)9-10-22-8-4-7-19-22/h4-8,11-12H,9-10H2,1-3H3,(H,20,23). The number of carbonyl (C=O) groups is 2. The van der Waals surface area contributed by atoms with Crippen LogP contribution in [-0.4, -0.2) is 40.1 Å². The Morgan fingerprint density at radius 3 is 2.75 bits per heavy atom. The first-order valence-corrected chi connectivity index (χ1v) is 8.09. The summed E-state index contributed by atoms with van der Waals surface area (Å²) in [7, 11) is 1.71. The van der Waals surface area contributed by atoms with Gasteiger partial charge in [0, 0.05) is 37.6 Å². The van der Waals surface area contributed by atoms with Crippen LogP contribution in [0, 0.1) is 5.92 Å². The molecular formula is C17H21ClN4O2. The van der Waals surface area contributed by atoms with Crippen LogP contribution in [0.25, 0.3) is 0 Å². The quantitative estimate of drug-likeness (QED) is 0.872. The van der Waals surface area contributed by atoms with Crippen molar-refractivity contribution in [2.24, 2.45) is 5.92 Å². The second-order valence-electron chi connectivity index (χ2n) is 5.83. The molecule has 0 aliphatic heterocycles. The third-order valence-corrected chi connectivity index (χ3v) is 3.89. The molecule has 0 bridgehead atoms. The number of nitrogens with zero attached hydrogens (tertiary/aromatic N) is 3. The normalized spacial score (nSPS) is 10.7. The molecule has 7 heteroatoms. The van der Waals surface area contributed by atoms with Crippen molar-refractivity contribution in [3.05, 3.63) is 47.2 Å². The Bertz CT molecular complexity index is 713. The summed E-state index contributed by atoms with van der Waals surface area (Å²) in [5, 5.41) is 7.24. The Hall–Kier alpha value is -2.34. The fourth-order valence-corrected chi connectivity index (χ4v) is 2.24. The Balaban J connectivity index is 2.08. The van der Waals surface area contributed by atoms with Crippen LogP contribution in [0.4, 0.5) is 5.69 Å². The van der Waals surface area contributed by atoms with Crippen molar-refractivity contribution in [3.63, 3.8) is 0 Å². The van der Waals surface area contributed by atoms with Crippen molar-refractivity contribution in [1.82, 2.24) is 14.7 Å². The number of hydrogen-bond acceptors (Lipinski definition) is 3. The van der Waals surface area contributed by atoms with Crippen LogP contribution in [0.2, 0.25) is 5.02 Å². The summed E-state index contributed by atoms with van der Waals surface area (Å²) in [5.74, 6) is -0.452. The fourth-order valence-electron chi connectivity index (χ4n) is 2.05. The van der Waals surface area contributed by atoms with E-state index in [2.05, 4.69) is 10.4 Å². The van der Waals surface area contributed by atoms with E-state index in [9.17, 15) is 9.59 Å². The first-order valence-electron chi connectivity index (χ1n) is 7.71. The highest BCUT2D eigenvalue weighted by Gasteiger charge is 2.17. The molecule has 0 saturated carbocycles. The molecule has 0 radical (unpaired) electrons. The molecule has 0 unspecified atom stereocenters. The van der Waals surface area contributed by atoms with Crippen molar-refractivity contribution in [2.45, 2.75) is 20.4 Å². The van der Waals surface area contributed by atoms with Crippen LogP contribution in [0.1, 0.15) is 24.2 Å². The van der Waals surface area contributed by atoms with Crippen LogP contribution in [0.5, 0.6) is 0 Å². The maximum atomic E-state index is 12.6. The topological polar surface area (TPSA) is 67.2 Å². The summed E-state index contributed by atoms with van der Waals surface area (Å²) < 4.78 is 1.75. The molecule has 2 amide bonds. The molecular weight excluding hydrogens is 328 g/mol. The number of amides is 2. The number of rotatable bonds is 6. The van der Waals surface area contributed by atoms with E-state index in [4.69, 9.17) is 11.6 Å². The van der Waals surface area contributed by atoms with Gasteiger partial charge in [0.05, 0.1) is 17.1 Å². The zero-order chi connectivity index (χ0) is 17.7. The van der Waals surface area contributed by atoms with E-state index in [1.54, 1.807) is 54.9 Å². The van der Waals surface area contributed by atoms with Crippen LogP contribution in [0.3, 0.4) is 0 Å². The summed E-state index contributed by atoms with van der Waals surface area (Å²) in [6.45, 7) is 4.71.